The Morgan fingerprint density at radius 1 is 0.878 bits per heavy atom. The van der Waals surface area contributed by atoms with Gasteiger partial charge in [-0.05, 0) is 48.2 Å². The molecule has 1 N–H and O–H groups in total. The number of aromatic nitrogens is 1. The normalized spacial score (nSPS) is 12.3. The van der Waals surface area contributed by atoms with E-state index < -0.39 is 11.9 Å². The molecule has 0 radical (unpaired) electrons. The monoisotopic (exact) mass is 566 g/mol. The van der Waals surface area contributed by atoms with Gasteiger partial charge in [0.15, 0.2) is 0 Å². The third-order valence-electron chi connectivity index (χ3n) is 6.83. The molecule has 5 rings (SSSR count). The molecule has 0 amide bonds. The number of ether oxygens (including phenoxy) is 1. The van der Waals surface area contributed by atoms with Crippen molar-refractivity contribution in [3.8, 4) is 5.75 Å². The molecule has 0 aliphatic heterocycles. The number of aliphatic carboxylic acids is 1. The number of benzene rings is 4. The largest absolute Gasteiger partial charge is 0.492 e. The summed E-state index contributed by atoms with van der Waals surface area (Å²) in [7, 11) is 1.52. The summed E-state index contributed by atoms with van der Waals surface area (Å²) in [5.74, 6) is -0.646. The maximum Gasteiger partial charge on any atom is 0.308 e. The van der Waals surface area contributed by atoms with Crippen molar-refractivity contribution < 1.29 is 19.5 Å². The fourth-order valence-corrected chi connectivity index (χ4v) is 5.75. The van der Waals surface area contributed by atoms with Gasteiger partial charge in [0, 0.05) is 11.1 Å². The van der Waals surface area contributed by atoms with Crippen molar-refractivity contribution >= 4 is 33.2 Å². The molecule has 0 fully saturated rings. The zero-order valence-electron chi connectivity index (χ0n) is 22.6. The van der Waals surface area contributed by atoms with E-state index in [4.69, 9.17) is 9.57 Å². The van der Waals surface area contributed by atoms with Gasteiger partial charge in [-0.3, -0.25) is 14.2 Å². The third kappa shape index (κ3) is 6.91. The highest BCUT2D eigenvalue weighted by Gasteiger charge is 2.19. The summed E-state index contributed by atoms with van der Waals surface area (Å²) in [5, 5.41) is 13.9. The molecular weight excluding hydrogens is 536 g/mol. The molecule has 7 nitrogen and oxygen atoms in total. The van der Waals surface area contributed by atoms with E-state index in [-0.39, 0.29) is 4.87 Å². The van der Waals surface area contributed by atoms with Gasteiger partial charge >= 0.3 is 10.8 Å². The maximum absolute atomic E-state index is 12.8. The smallest absolute Gasteiger partial charge is 0.308 e. The third-order valence-corrected chi connectivity index (χ3v) is 7.78. The van der Waals surface area contributed by atoms with Crippen LogP contribution in [0.2, 0.25) is 0 Å². The van der Waals surface area contributed by atoms with Gasteiger partial charge in [0.1, 0.15) is 25.2 Å². The summed E-state index contributed by atoms with van der Waals surface area (Å²) in [5.41, 5.74) is 5.27. The van der Waals surface area contributed by atoms with Gasteiger partial charge in [-0.2, -0.15) is 0 Å². The zero-order chi connectivity index (χ0) is 28.6. The molecule has 8 heteroatoms. The number of hydrogen-bond acceptors (Lipinski definition) is 6. The molecule has 41 heavy (non-hydrogen) atoms. The molecule has 5 aromatic rings. The number of thiazole rings is 1. The summed E-state index contributed by atoms with van der Waals surface area (Å²) in [4.78, 5) is 29.7. The molecule has 0 saturated heterocycles. The van der Waals surface area contributed by atoms with Gasteiger partial charge in [-0.1, -0.05) is 95.4 Å². The first-order chi connectivity index (χ1) is 20.0. The molecule has 1 aromatic heterocycles. The van der Waals surface area contributed by atoms with Crippen LogP contribution >= 0.6 is 11.3 Å². The Hall–Kier alpha value is -4.69. The lowest BCUT2D eigenvalue weighted by Gasteiger charge is -2.13. The number of oxime groups is 1. The lowest BCUT2D eigenvalue weighted by molar-refractivity contribution is -0.141. The average Bonchev–Trinajstić information content (AvgIpc) is 3.31. The first-order valence-electron chi connectivity index (χ1n) is 13.3. The Bertz CT molecular complexity index is 1690. The number of fused-ring (bicyclic) bond motifs is 1. The molecule has 0 bridgehead atoms. The van der Waals surface area contributed by atoms with Gasteiger partial charge < -0.3 is 14.7 Å². The van der Waals surface area contributed by atoms with Crippen molar-refractivity contribution in [2.24, 2.45) is 11.1 Å². The summed E-state index contributed by atoms with van der Waals surface area (Å²) in [6, 6.07) is 32.8. The molecule has 1 atom stereocenters. The lowest BCUT2D eigenvalue weighted by Crippen LogP contribution is -2.19. The van der Waals surface area contributed by atoms with E-state index in [9.17, 15) is 14.7 Å². The lowest BCUT2D eigenvalue weighted by atomic mass is 9.92. The zero-order valence-corrected chi connectivity index (χ0v) is 23.4. The van der Waals surface area contributed by atoms with Crippen LogP contribution in [0.1, 0.15) is 22.3 Å². The van der Waals surface area contributed by atoms with Crippen molar-refractivity contribution in [3.05, 3.63) is 135 Å². The van der Waals surface area contributed by atoms with Crippen LogP contribution in [-0.4, -0.2) is 35.1 Å². The Balaban J connectivity index is 1.22. The quantitative estimate of drug-likeness (QED) is 0.147. The average molecular weight is 567 g/mol. The van der Waals surface area contributed by atoms with Crippen LogP contribution < -0.4 is 9.61 Å². The second kappa shape index (κ2) is 13.1. The number of carboxylic acid groups (broad SMARTS) is 1. The molecule has 208 valence electrons. The molecule has 1 heterocycles. The second-order valence-electron chi connectivity index (χ2n) is 9.61. The first-order valence-corrected chi connectivity index (χ1v) is 14.1. The number of carboxylic acids is 1. The molecule has 1 unspecified atom stereocenters. The summed E-state index contributed by atoms with van der Waals surface area (Å²) < 4.78 is 8.51. The minimum absolute atomic E-state index is 0.0563. The summed E-state index contributed by atoms with van der Waals surface area (Å²) >= 11 is 1.19. The van der Waals surface area contributed by atoms with E-state index in [0.29, 0.717) is 37.5 Å². The van der Waals surface area contributed by atoms with Gasteiger partial charge in [0.05, 0.1) is 22.7 Å². The Kier molecular flexibility index (Phi) is 8.91. The predicted octanol–water partition coefficient (Wildman–Crippen LogP) is 6.03. The van der Waals surface area contributed by atoms with Gasteiger partial charge in [0.2, 0.25) is 0 Å². The Morgan fingerprint density at radius 3 is 2.20 bits per heavy atom. The minimum Gasteiger partial charge on any atom is -0.492 e. The van der Waals surface area contributed by atoms with E-state index in [2.05, 4.69) is 5.16 Å². The van der Waals surface area contributed by atoms with Crippen molar-refractivity contribution in [1.82, 2.24) is 4.57 Å². The highest BCUT2D eigenvalue weighted by molar-refractivity contribution is 7.16. The van der Waals surface area contributed by atoms with Crippen LogP contribution in [0.15, 0.2) is 113 Å². The van der Waals surface area contributed by atoms with Crippen LogP contribution in [0.3, 0.4) is 0 Å². The number of rotatable bonds is 12. The number of carbonyl (C=O) groups is 1. The first kappa shape index (κ1) is 27.9. The fraction of sp³-hybridized carbons (Fsp3) is 0.182. The molecular formula is C33H30N2O5S. The Labute approximate surface area is 241 Å². The van der Waals surface area contributed by atoms with Gasteiger partial charge in [-0.15, -0.1) is 0 Å². The van der Waals surface area contributed by atoms with Crippen molar-refractivity contribution in [2.75, 3.05) is 13.7 Å². The molecule has 4 aromatic carbocycles. The van der Waals surface area contributed by atoms with E-state index in [1.165, 1.54) is 18.4 Å². The van der Waals surface area contributed by atoms with Crippen LogP contribution in [-0.2, 0) is 29.0 Å². The Morgan fingerprint density at radius 2 is 1.54 bits per heavy atom. The number of nitrogens with zero attached hydrogens (tertiary/aromatic N) is 2. The van der Waals surface area contributed by atoms with E-state index in [0.717, 1.165) is 32.5 Å². The number of hydrogen-bond donors (Lipinski definition) is 1. The van der Waals surface area contributed by atoms with Crippen LogP contribution in [0.25, 0.3) is 10.2 Å². The fourth-order valence-electron chi connectivity index (χ4n) is 4.79. The molecule has 0 aliphatic carbocycles. The SMILES string of the molecule is CO/N=C(\c1ccccc1)c1ccc2c(c1)sc(=O)n2CCOc1ccc(CC(Cc2ccccc2)C(=O)O)cc1. The van der Waals surface area contributed by atoms with Gasteiger partial charge in [0.25, 0.3) is 0 Å². The minimum atomic E-state index is -0.808. The maximum atomic E-state index is 12.8. The highest BCUT2D eigenvalue weighted by Crippen LogP contribution is 2.23. The molecule has 0 spiro atoms. The van der Waals surface area contributed by atoms with Crippen LogP contribution in [0.4, 0.5) is 0 Å². The predicted molar refractivity (Wildman–Crippen MR) is 162 cm³/mol. The summed E-state index contributed by atoms with van der Waals surface area (Å²) in [6.07, 6.45) is 0.913. The van der Waals surface area contributed by atoms with E-state index in [1.807, 2.05) is 103 Å². The van der Waals surface area contributed by atoms with Crippen molar-refractivity contribution in [2.45, 2.75) is 19.4 Å². The van der Waals surface area contributed by atoms with E-state index in [1.54, 1.807) is 4.57 Å². The van der Waals surface area contributed by atoms with Gasteiger partial charge in [-0.25, -0.2) is 0 Å². The standard InChI is InChI=1S/C33H30N2O5S/c1-39-34-31(25-10-6-3-7-11-25)26-14-17-29-30(22-26)41-33(38)35(29)18-19-40-28-15-12-24(13-16-28)21-27(32(36)37)20-23-8-4-2-5-9-23/h2-17,22,27H,18-21H2,1H3,(H,36,37)/b34-31+. The van der Waals surface area contributed by atoms with Crippen molar-refractivity contribution in [3.63, 3.8) is 0 Å². The molecule has 0 aliphatic rings. The van der Waals surface area contributed by atoms with Crippen LogP contribution in [0.5, 0.6) is 5.75 Å². The molecule has 0 saturated carbocycles. The van der Waals surface area contributed by atoms with Crippen LogP contribution in [0, 0.1) is 5.92 Å². The summed E-state index contributed by atoms with van der Waals surface area (Å²) in [6.45, 7) is 0.717. The highest BCUT2D eigenvalue weighted by atomic mass is 32.1. The van der Waals surface area contributed by atoms with Crippen molar-refractivity contribution in [1.29, 1.82) is 0 Å². The van der Waals surface area contributed by atoms with E-state index >= 15 is 0 Å². The topological polar surface area (TPSA) is 90.1 Å². The second-order valence-corrected chi connectivity index (χ2v) is 10.6.